The summed E-state index contributed by atoms with van der Waals surface area (Å²) in [5.41, 5.74) is 0.357. The highest BCUT2D eigenvalue weighted by atomic mass is 32.2. The largest absolute Gasteiger partial charge is 0.489 e. The maximum atomic E-state index is 13.5. The minimum absolute atomic E-state index is 0.0880. The quantitative estimate of drug-likeness (QED) is 0.765. The monoisotopic (exact) mass is 420 g/mol. The summed E-state index contributed by atoms with van der Waals surface area (Å²) in [4.78, 5) is 12.7. The molecule has 0 aliphatic carbocycles. The van der Waals surface area contributed by atoms with Gasteiger partial charge < -0.3 is 10.1 Å². The van der Waals surface area contributed by atoms with Crippen molar-refractivity contribution in [2.45, 2.75) is 44.1 Å². The molecule has 1 aliphatic heterocycles. The number of sulfonamides is 1. The zero-order valence-electron chi connectivity index (χ0n) is 16.5. The van der Waals surface area contributed by atoms with Gasteiger partial charge in [0.15, 0.2) is 0 Å². The fourth-order valence-electron chi connectivity index (χ4n) is 3.20. The van der Waals surface area contributed by atoms with Crippen molar-refractivity contribution in [2.24, 2.45) is 0 Å². The number of anilines is 1. The average Bonchev–Trinajstić information content (AvgIpc) is 2.69. The lowest BCUT2D eigenvalue weighted by molar-refractivity contribution is 0.102. The summed E-state index contributed by atoms with van der Waals surface area (Å²) in [6.45, 7) is 4.63. The molecule has 1 fully saturated rings. The molecule has 0 unspecified atom stereocenters. The lowest BCUT2D eigenvalue weighted by atomic mass is 10.2. The number of benzene rings is 2. The van der Waals surface area contributed by atoms with Gasteiger partial charge in [-0.2, -0.15) is 4.31 Å². The van der Waals surface area contributed by atoms with Crippen molar-refractivity contribution in [1.29, 1.82) is 0 Å². The van der Waals surface area contributed by atoms with Gasteiger partial charge in [0.2, 0.25) is 10.0 Å². The van der Waals surface area contributed by atoms with Gasteiger partial charge >= 0.3 is 0 Å². The van der Waals surface area contributed by atoms with Crippen LogP contribution in [0.5, 0.6) is 5.75 Å². The summed E-state index contributed by atoms with van der Waals surface area (Å²) in [7, 11) is -3.67. The van der Waals surface area contributed by atoms with Crippen molar-refractivity contribution in [3.8, 4) is 5.75 Å². The van der Waals surface area contributed by atoms with Crippen LogP contribution in [-0.4, -0.2) is 37.8 Å². The highest BCUT2D eigenvalue weighted by Crippen LogP contribution is 2.31. The number of rotatable bonds is 6. The Labute approximate surface area is 170 Å². The second kappa shape index (κ2) is 8.92. The average molecular weight is 421 g/mol. The van der Waals surface area contributed by atoms with Crippen LogP contribution in [0.4, 0.5) is 10.1 Å². The molecule has 2 aromatic carbocycles. The van der Waals surface area contributed by atoms with Crippen molar-refractivity contribution < 1.29 is 22.3 Å². The van der Waals surface area contributed by atoms with E-state index in [9.17, 15) is 17.6 Å². The van der Waals surface area contributed by atoms with Gasteiger partial charge in [0.05, 0.1) is 16.7 Å². The number of carbonyl (C=O) groups is 1. The van der Waals surface area contributed by atoms with Crippen molar-refractivity contribution in [3.05, 3.63) is 53.8 Å². The molecule has 1 saturated heterocycles. The Kier molecular flexibility index (Phi) is 6.54. The first kappa shape index (κ1) is 21.3. The topological polar surface area (TPSA) is 75.7 Å². The molecule has 1 N–H and O–H groups in total. The first-order chi connectivity index (χ1) is 13.8. The van der Waals surface area contributed by atoms with Gasteiger partial charge in [0.25, 0.3) is 5.91 Å². The molecule has 1 heterocycles. The highest BCUT2D eigenvalue weighted by Gasteiger charge is 2.27. The molecule has 2 aromatic rings. The van der Waals surface area contributed by atoms with E-state index in [1.54, 1.807) is 0 Å². The molecule has 0 spiro atoms. The van der Waals surface area contributed by atoms with Crippen LogP contribution < -0.4 is 10.1 Å². The molecule has 6 nitrogen and oxygen atoms in total. The number of hydrogen-bond donors (Lipinski definition) is 1. The first-order valence-electron chi connectivity index (χ1n) is 9.65. The van der Waals surface area contributed by atoms with E-state index >= 15 is 0 Å². The fraction of sp³-hybridized carbons (Fsp3) is 0.381. The Morgan fingerprint density at radius 2 is 1.83 bits per heavy atom. The van der Waals surface area contributed by atoms with Gasteiger partial charge in [-0.15, -0.1) is 0 Å². The molecule has 0 atom stereocenters. The molecule has 0 aromatic heterocycles. The van der Waals surface area contributed by atoms with Gasteiger partial charge in [-0.05, 0) is 63.1 Å². The molecule has 1 aliphatic rings. The van der Waals surface area contributed by atoms with E-state index in [0.29, 0.717) is 18.8 Å². The van der Waals surface area contributed by atoms with E-state index in [-0.39, 0.29) is 22.3 Å². The van der Waals surface area contributed by atoms with Crippen LogP contribution in [0, 0.1) is 5.82 Å². The van der Waals surface area contributed by atoms with Crippen LogP contribution in [0.3, 0.4) is 0 Å². The minimum Gasteiger partial charge on any atom is -0.489 e. The Morgan fingerprint density at radius 3 is 2.48 bits per heavy atom. The predicted molar refractivity (Wildman–Crippen MR) is 109 cm³/mol. The number of amides is 1. The third-order valence-corrected chi connectivity index (χ3v) is 6.50. The SMILES string of the molecule is CC(C)Oc1ccc(S(=O)(=O)N2CCCCC2)cc1NC(=O)c1cccc(F)c1. The number of ether oxygens (including phenoxy) is 1. The number of carbonyl (C=O) groups excluding carboxylic acids is 1. The first-order valence-corrected chi connectivity index (χ1v) is 11.1. The molecule has 1 amide bonds. The summed E-state index contributed by atoms with van der Waals surface area (Å²) in [6.07, 6.45) is 2.50. The van der Waals surface area contributed by atoms with Crippen molar-refractivity contribution >= 4 is 21.6 Å². The van der Waals surface area contributed by atoms with E-state index in [4.69, 9.17) is 4.74 Å². The van der Waals surface area contributed by atoms with Crippen LogP contribution in [-0.2, 0) is 10.0 Å². The number of nitrogens with zero attached hydrogens (tertiary/aromatic N) is 1. The normalized spacial score (nSPS) is 15.3. The van der Waals surface area contributed by atoms with Crippen LogP contribution in [0.2, 0.25) is 0 Å². The predicted octanol–water partition coefficient (Wildman–Crippen LogP) is 4.04. The Hall–Kier alpha value is -2.45. The number of nitrogens with one attached hydrogen (secondary N) is 1. The van der Waals surface area contributed by atoms with E-state index in [1.807, 2.05) is 13.8 Å². The van der Waals surface area contributed by atoms with Crippen LogP contribution in [0.25, 0.3) is 0 Å². The maximum absolute atomic E-state index is 13.5. The van der Waals surface area contributed by atoms with Crippen molar-refractivity contribution in [2.75, 3.05) is 18.4 Å². The number of piperidine rings is 1. The standard InChI is InChI=1S/C21H25FN2O4S/c1-15(2)28-20-10-9-18(29(26,27)24-11-4-3-5-12-24)14-19(20)23-21(25)16-7-6-8-17(22)13-16/h6-10,13-15H,3-5,11-12H2,1-2H3,(H,23,25). The second-order valence-corrected chi connectivity index (χ2v) is 9.19. The second-order valence-electron chi connectivity index (χ2n) is 7.25. The number of hydrogen-bond acceptors (Lipinski definition) is 4. The maximum Gasteiger partial charge on any atom is 0.255 e. The molecule has 156 valence electrons. The summed E-state index contributed by atoms with van der Waals surface area (Å²) in [5.74, 6) is -0.731. The molecule has 3 rings (SSSR count). The Bertz CT molecular complexity index is 986. The third-order valence-electron chi connectivity index (χ3n) is 4.60. The van der Waals surface area contributed by atoms with E-state index in [0.717, 1.165) is 25.3 Å². The van der Waals surface area contributed by atoms with Crippen LogP contribution >= 0.6 is 0 Å². The van der Waals surface area contributed by atoms with Gasteiger partial charge in [0, 0.05) is 18.7 Å². The van der Waals surface area contributed by atoms with E-state index in [2.05, 4.69) is 5.32 Å². The van der Waals surface area contributed by atoms with Gasteiger partial charge in [-0.3, -0.25) is 4.79 Å². The zero-order chi connectivity index (χ0) is 21.0. The lowest BCUT2D eigenvalue weighted by Gasteiger charge is -2.26. The molecule has 8 heteroatoms. The van der Waals surface area contributed by atoms with Crippen molar-refractivity contribution in [3.63, 3.8) is 0 Å². The summed E-state index contributed by atoms with van der Waals surface area (Å²) >= 11 is 0. The lowest BCUT2D eigenvalue weighted by Crippen LogP contribution is -2.35. The molecular weight excluding hydrogens is 395 g/mol. The van der Waals surface area contributed by atoms with Crippen LogP contribution in [0.1, 0.15) is 43.5 Å². The van der Waals surface area contributed by atoms with E-state index in [1.165, 1.54) is 40.7 Å². The Morgan fingerprint density at radius 1 is 1.10 bits per heavy atom. The third kappa shape index (κ3) is 5.13. The molecule has 0 saturated carbocycles. The molecule has 29 heavy (non-hydrogen) atoms. The van der Waals surface area contributed by atoms with Crippen molar-refractivity contribution in [1.82, 2.24) is 4.31 Å². The summed E-state index contributed by atoms with van der Waals surface area (Å²) in [6, 6.07) is 9.71. The van der Waals surface area contributed by atoms with Gasteiger partial charge in [-0.25, -0.2) is 12.8 Å². The Balaban J connectivity index is 1.94. The number of halogens is 1. The molecule has 0 bridgehead atoms. The summed E-state index contributed by atoms with van der Waals surface area (Å²) in [5, 5.41) is 2.66. The smallest absolute Gasteiger partial charge is 0.255 e. The highest BCUT2D eigenvalue weighted by molar-refractivity contribution is 7.89. The van der Waals surface area contributed by atoms with Crippen LogP contribution in [0.15, 0.2) is 47.4 Å². The summed E-state index contributed by atoms with van der Waals surface area (Å²) < 4.78 is 46.6. The zero-order valence-corrected chi connectivity index (χ0v) is 17.3. The van der Waals surface area contributed by atoms with E-state index < -0.39 is 21.7 Å². The fourth-order valence-corrected chi connectivity index (χ4v) is 4.75. The molecule has 0 radical (unpaired) electrons. The minimum atomic E-state index is -3.67. The van der Waals surface area contributed by atoms with Gasteiger partial charge in [-0.1, -0.05) is 12.5 Å². The van der Waals surface area contributed by atoms with Gasteiger partial charge in [0.1, 0.15) is 11.6 Å². The molecular formula is C21H25FN2O4S.